The van der Waals surface area contributed by atoms with Crippen molar-refractivity contribution >= 4 is 11.4 Å². The van der Waals surface area contributed by atoms with Gasteiger partial charge in [-0.1, -0.05) is 43.5 Å². The zero-order valence-corrected chi connectivity index (χ0v) is 12.7. The predicted molar refractivity (Wildman–Crippen MR) is 90.3 cm³/mol. The highest BCUT2D eigenvalue weighted by Gasteiger charge is 2.35. The van der Waals surface area contributed by atoms with Gasteiger partial charge in [0.25, 0.3) is 0 Å². The molecule has 0 saturated heterocycles. The number of anilines is 2. The lowest BCUT2D eigenvalue weighted by molar-refractivity contribution is 0.346. The Bertz CT molecular complexity index is 623. The quantitative estimate of drug-likeness (QED) is 0.801. The fourth-order valence-electron chi connectivity index (χ4n) is 3.67. The second kappa shape index (κ2) is 5.44. The van der Waals surface area contributed by atoms with E-state index in [0.29, 0.717) is 0 Å². The molecule has 1 aliphatic rings. The Kier molecular flexibility index (Phi) is 3.62. The number of hydrogen-bond acceptors (Lipinski definition) is 2. The zero-order chi connectivity index (χ0) is 14.9. The van der Waals surface area contributed by atoms with Crippen molar-refractivity contribution in [3.63, 3.8) is 0 Å². The van der Waals surface area contributed by atoms with Crippen molar-refractivity contribution in [1.29, 1.82) is 0 Å². The van der Waals surface area contributed by atoms with Crippen LogP contribution in [0.5, 0.6) is 0 Å². The SMILES string of the molecule is Cc1cc(C2(c3ccc(N)cc3)CCCCC2)ccc1N. The van der Waals surface area contributed by atoms with Gasteiger partial charge in [-0.05, 0) is 54.7 Å². The fourth-order valence-corrected chi connectivity index (χ4v) is 3.67. The average Bonchev–Trinajstić information content (AvgIpc) is 2.51. The van der Waals surface area contributed by atoms with Crippen molar-refractivity contribution < 1.29 is 0 Å². The summed E-state index contributed by atoms with van der Waals surface area (Å²) in [7, 11) is 0. The minimum Gasteiger partial charge on any atom is -0.399 e. The number of benzene rings is 2. The van der Waals surface area contributed by atoms with Gasteiger partial charge in [-0.25, -0.2) is 0 Å². The molecule has 0 radical (unpaired) electrons. The van der Waals surface area contributed by atoms with E-state index in [-0.39, 0.29) is 5.41 Å². The Morgan fingerprint density at radius 1 is 0.810 bits per heavy atom. The van der Waals surface area contributed by atoms with Crippen LogP contribution < -0.4 is 11.5 Å². The minimum atomic E-state index is 0.129. The first-order valence-corrected chi connectivity index (χ1v) is 7.84. The van der Waals surface area contributed by atoms with Crippen LogP contribution in [0.4, 0.5) is 11.4 Å². The molecule has 2 nitrogen and oxygen atoms in total. The summed E-state index contributed by atoms with van der Waals surface area (Å²) >= 11 is 0. The van der Waals surface area contributed by atoms with Crippen molar-refractivity contribution in [2.24, 2.45) is 0 Å². The molecule has 0 aliphatic heterocycles. The van der Waals surface area contributed by atoms with Crippen molar-refractivity contribution in [1.82, 2.24) is 0 Å². The van der Waals surface area contributed by atoms with Gasteiger partial charge in [0.1, 0.15) is 0 Å². The van der Waals surface area contributed by atoms with Crippen LogP contribution >= 0.6 is 0 Å². The molecule has 0 heterocycles. The van der Waals surface area contributed by atoms with Crippen LogP contribution in [0, 0.1) is 6.92 Å². The molecule has 0 atom stereocenters. The summed E-state index contributed by atoms with van der Waals surface area (Å²) in [6, 6.07) is 15.0. The molecule has 1 aliphatic carbocycles. The smallest absolute Gasteiger partial charge is 0.0343 e. The predicted octanol–water partition coefficient (Wildman–Crippen LogP) is 4.41. The topological polar surface area (TPSA) is 52.0 Å². The summed E-state index contributed by atoms with van der Waals surface area (Å²) < 4.78 is 0. The van der Waals surface area contributed by atoms with E-state index in [1.54, 1.807) is 0 Å². The molecule has 0 unspecified atom stereocenters. The maximum absolute atomic E-state index is 6.00. The lowest BCUT2D eigenvalue weighted by Gasteiger charge is -2.39. The monoisotopic (exact) mass is 280 g/mol. The van der Waals surface area contributed by atoms with Crippen LogP contribution in [0.25, 0.3) is 0 Å². The highest BCUT2D eigenvalue weighted by Crippen LogP contribution is 2.45. The second-order valence-electron chi connectivity index (χ2n) is 6.34. The Morgan fingerprint density at radius 2 is 1.43 bits per heavy atom. The zero-order valence-electron chi connectivity index (χ0n) is 12.7. The van der Waals surface area contributed by atoms with Gasteiger partial charge in [-0.15, -0.1) is 0 Å². The first kappa shape index (κ1) is 14.0. The van der Waals surface area contributed by atoms with Gasteiger partial charge in [0.05, 0.1) is 0 Å². The summed E-state index contributed by atoms with van der Waals surface area (Å²) in [6.07, 6.45) is 6.33. The van der Waals surface area contributed by atoms with E-state index in [4.69, 9.17) is 11.5 Å². The number of nitrogens with two attached hydrogens (primary N) is 2. The van der Waals surface area contributed by atoms with Gasteiger partial charge < -0.3 is 11.5 Å². The van der Waals surface area contributed by atoms with Gasteiger partial charge in [0.15, 0.2) is 0 Å². The van der Waals surface area contributed by atoms with Gasteiger partial charge in [0.2, 0.25) is 0 Å². The Balaban J connectivity index is 2.12. The molecule has 0 aromatic heterocycles. The maximum Gasteiger partial charge on any atom is 0.0343 e. The Hall–Kier alpha value is -1.96. The first-order chi connectivity index (χ1) is 10.1. The van der Waals surface area contributed by atoms with Crippen molar-refractivity contribution in [3.05, 3.63) is 59.2 Å². The highest BCUT2D eigenvalue weighted by molar-refractivity contribution is 5.52. The maximum atomic E-state index is 6.00. The molecule has 2 aromatic rings. The lowest BCUT2D eigenvalue weighted by atomic mass is 9.65. The highest BCUT2D eigenvalue weighted by atomic mass is 14.6. The van der Waals surface area contributed by atoms with Crippen LogP contribution in [0.1, 0.15) is 48.8 Å². The number of hydrogen-bond donors (Lipinski definition) is 2. The molecule has 3 rings (SSSR count). The van der Waals surface area contributed by atoms with Crippen molar-refractivity contribution in [2.75, 3.05) is 11.5 Å². The van der Waals surface area contributed by atoms with E-state index in [0.717, 1.165) is 11.4 Å². The van der Waals surface area contributed by atoms with Crippen LogP contribution in [0.15, 0.2) is 42.5 Å². The average molecular weight is 280 g/mol. The van der Waals surface area contributed by atoms with E-state index in [1.165, 1.54) is 48.8 Å². The molecule has 0 bridgehead atoms. The molecule has 2 heteroatoms. The van der Waals surface area contributed by atoms with E-state index >= 15 is 0 Å². The van der Waals surface area contributed by atoms with Gasteiger partial charge in [-0.3, -0.25) is 0 Å². The third-order valence-electron chi connectivity index (χ3n) is 4.99. The molecule has 2 aromatic carbocycles. The standard InChI is InChI=1S/C19H24N2/c1-14-13-16(7-10-18(14)21)19(11-3-2-4-12-19)15-5-8-17(20)9-6-15/h5-10,13H,2-4,11-12,20-21H2,1H3. The van der Waals surface area contributed by atoms with Crippen LogP contribution in [-0.4, -0.2) is 0 Å². The first-order valence-electron chi connectivity index (χ1n) is 7.84. The molecular weight excluding hydrogens is 256 g/mol. The second-order valence-corrected chi connectivity index (χ2v) is 6.34. The Morgan fingerprint density at radius 3 is 2.05 bits per heavy atom. The molecule has 1 fully saturated rings. The molecular formula is C19H24N2. The number of nitrogen functional groups attached to an aromatic ring is 2. The summed E-state index contributed by atoms with van der Waals surface area (Å²) in [5.74, 6) is 0. The molecule has 21 heavy (non-hydrogen) atoms. The van der Waals surface area contributed by atoms with Crippen LogP contribution in [0.3, 0.4) is 0 Å². The largest absolute Gasteiger partial charge is 0.399 e. The number of aryl methyl sites for hydroxylation is 1. The van der Waals surface area contributed by atoms with Crippen molar-refractivity contribution in [3.8, 4) is 0 Å². The van der Waals surface area contributed by atoms with Crippen LogP contribution in [-0.2, 0) is 5.41 Å². The van der Waals surface area contributed by atoms with Crippen molar-refractivity contribution in [2.45, 2.75) is 44.4 Å². The van der Waals surface area contributed by atoms with E-state index < -0.39 is 0 Å². The van der Waals surface area contributed by atoms with Gasteiger partial charge >= 0.3 is 0 Å². The Labute approximate surface area is 127 Å². The van der Waals surface area contributed by atoms with E-state index in [2.05, 4.69) is 37.3 Å². The summed E-state index contributed by atoms with van der Waals surface area (Å²) in [5, 5.41) is 0. The molecule has 1 saturated carbocycles. The van der Waals surface area contributed by atoms with Gasteiger partial charge in [0, 0.05) is 16.8 Å². The van der Waals surface area contributed by atoms with E-state index in [1.807, 2.05) is 12.1 Å². The van der Waals surface area contributed by atoms with E-state index in [9.17, 15) is 0 Å². The van der Waals surface area contributed by atoms with Crippen LogP contribution in [0.2, 0.25) is 0 Å². The molecule has 110 valence electrons. The molecule has 0 amide bonds. The summed E-state index contributed by atoms with van der Waals surface area (Å²) in [6.45, 7) is 2.10. The summed E-state index contributed by atoms with van der Waals surface area (Å²) in [5.41, 5.74) is 17.7. The third-order valence-corrected chi connectivity index (χ3v) is 4.99. The number of rotatable bonds is 2. The molecule has 0 spiro atoms. The molecule has 4 N–H and O–H groups in total. The lowest BCUT2D eigenvalue weighted by Crippen LogP contribution is -2.30. The van der Waals surface area contributed by atoms with Gasteiger partial charge in [-0.2, -0.15) is 0 Å². The normalized spacial score (nSPS) is 17.6. The minimum absolute atomic E-state index is 0.129. The fraction of sp³-hybridized carbons (Fsp3) is 0.368. The summed E-state index contributed by atoms with van der Waals surface area (Å²) in [4.78, 5) is 0. The third kappa shape index (κ3) is 2.51.